The first-order chi connectivity index (χ1) is 25.6. The van der Waals surface area contributed by atoms with Gasteiger partial charge in [0.05, 0.1) is 34.4 Å². The summed E-state index contributed by atoms with van der Waals surface area (Å²) >= 11 is 0. The van der Waals surface area contributed by atoms with Crippen molar-refractivity contribution in [3.8, 4) is 0 Å². The highest BCUT2D eigenvalue weighted by Gasteiger charge is 2.20. The molecule has 2 unspecified atom stereocenters. The van der Waals surface area contributed by atoms with Crippen molar-refractivity contribution in [2.24, 2.45) is 0 Å². The molecule has 0 N–H and O–H groups in total. The number of nitrogens with zero attached hydrogens (tertiary/aromatic N) is 1. The van der Waals surface area contributed by atoms with E-state index in [0.717, 1.165) is 44.9 Å². The fourth-order valence-electron chi connectivity index (χ4n) is 6.01. The Morgan fingerprint density at radius 2 is 0.981 bits per heavy atom. The van der Waals surface area contributed by atoms with Crippen molar-refractivity contribution in [1.82, 2.24) is 0 Å². The van der Waals surface area contributed by atoms with Crippen LogP contribution in [0, 0.1) is 0 Å². The third kappa shape index (κ3) is 42.0. The van der Waals surface area contributed by atoms with Gasteiger partial charge in [-0.15, -0.1) is 0 Å². The molecule has 0 rings (SSSR count). The molecule has 0 aliphatic rings. The molecular weight excluding hydrogens is 685 g/mol. The monoisotopic (exact) mass is 772 g/mol. The van der Waals surface area contributed by atoms with Gasteiger partial charge in [0.2, 0.25) is 0 Å². The number of allylic oxidation sites excluding steroid dienone is 4. The number of hydrogen-bond acceptors (Lipinski definition) is 7. The average molecular weight is 772 g/mol. The summed E-state index contributed by atoms with van der Waals surface area (Å²) in [6.07, 6.45) is 41.8. The fourth-order valence-corrected chi connectivity index (χ4v) is 6.73. The maximum atomic E-state index is 12.7. The summed E-state index contributed by atoms with van der Waals surface area (Å²) in [7, 11) is 1.35. The predicted molar refractivity (Wildman–Crippen MR) is 222 cm³/mol. The zero-order valence-corrected chi connectivity index (χ0v) is 36.4. The van der Waals surface area contributed by atoms with Gasteiger partial charge in [-0.05, 0) is 64.2 Å². The molecular formula is C44H86NO7P. The molecule has 0 radical (unpaired) electrons. The topological polar surface area (TPSA) is 94.1 Å². The quantitative estimate of drug-likeness (QED) is 0.0201. The van der Waals surface area contributed by atoms with Crippen LogP contribution in [0.2, 0.25) is 0 Å². The molecule has 0 aliphatic carbocycles. The number of quaternary nitrogens is 1. The minimum absolute atomic E-state index is 0.0245. The molecule has 314 valence electrons. The molecule has 0 bridgehead atoms. The van der Waals surface area contributed by atoms with Gasteiger partial charge in [-0.1, -0.05) is 147 Å². The number of unbranched alkanes of at least 4 members (excludes halogenated alkanes) is 23. The summed E-state index contributed by atoms with van der Waals surface area (Å²) in [6, 6.07) is 0. The number of ether oxygens (including phenoxy) is 2. The fraction of sp³-hybridized carbons (Fsp3) is 0.886. The van der Waals surface area contributed by atoms with E-state index in [1.54, 1.807) is 0 Å². The maximum absolute atomic E-state index is 12.7. The van der Waals surface area contributed by atoms with Crippen LogP contribution in [0.5, 0.6) is 0 Å². The van der Waals surface area contributed by atoms with Crippen LogP contribution in [0.4, 0.5) is 0 Å². The lowest BCUT2D eigenvalue weighted by Crippen LogP contribution is -2.37. The predicted octanol–water partition coefficient (Wildman–Crippen LogP) is 12.2. The molecule has 0 fully saturated rings. The Balaban J connectivity index is 4.25. The number of carbonyl (C=O) groups excluding carboxylic acids is 1. The molecule has 53 heavy (non-hydrogen) atoms. The Hall–Kier alpha value is -1.02. The zero-order valence-electron chi connectivity index (χ0n) is 35.5. The highest BCUT2D eigenvalue weighted by Crippen LogP contribution is 2.38. The third-order valence-corrected chi connectivity index (χ3v) is 10.4. The second kappa shape index (κ2) is 37.9. The molecule has 0 aromatic heterocycles. The van der Waals surface area contributed by atoms with E-state index >= 15 is 0 Å². The molecule has 0 spiro atoms. The summed E-state index contributed by atoms with van der Waals surface area (Å²) in [4.78, 5) is 25.0. The van der Waals surface area contributed by atoms with E-state index in [2.05, 4.69) is 38.2 Å². The summed E-state index contributed by atoms with van der Waals surface area (Å²) < 4.78 is 34.6. The van der Waals surface area contributed by atoms with E-state index in [1.807, 2.05) is 21.1 Å². The Morgan fingerprint density at radius 3 is 1.43 bits per heavy atom. The largest absolute Gasteiger partial charge is 0.756 e. The van der Waals surface area contributed by atoms with Gasteiger partial charge in [-0.25, -0.2) is 0 Å². The summed E-state index contributed by atoms with van der Waals surface area (Å²) in [5, 5.41) is 0. The van der Waals surface area contributed by atoms with Crippen molar-refractivity contribution in [3.63, 3.8) is 0 Å². The van der Waals surface area contributed by atoms with Crippen molar-refractivity contribution in [3.05, 3.63) is 24.3 Å². The number of phosphoric ester groups is 1. The van der Waals surface area contributed by atoms with E-state index < -0.39 is 13.9 Å². The van der Waals surface area contributed by atoms with Crippen molar-refractivity contribution < 1.29 is 37.3 Å². The molecule has 9 heteroatoms. The average Bonchev–Trinajstić information content (AvgIpc) is 3.11. The Labute approximate surface area is 328 Å². The summed E-state index contributed by atoms with van der Waals surface area (Å²) in [5.41, 5.74) is 0. The Morgan fingerprint density at radius 1 is 0.566 bits per heavy atom. The lowest BCUT2D eigenvalue weighted by atomic mass is 10.1. The number of hydrogen-bond donors (Lipinski definition) is 0. The van der Waals surface area contributed by atoms with Crippen molar-refractivity contribution in [2.45, 2.75) is 200 Å². The number of carbonyl (C=O) groups is 1. The Kier molecular flexibility index (Phi) is 37.2. The SMILES string of the molecule is CCCCCCC/C=C\CCCCCCCCOCC(COP(=O)([O-])OCC[N+](C)(C)C)OC(=O)CCCCCCC/C=C\CCCCCCCCC. The highest BCUT2D eigenvalue weighted by atomic mass is 31.2. The standard InChI is InChI=1S/C44H86NO7P/c1-6-8-10-12-14-16-18-20-22-23-25-27-29-31-33-35-37-44(46)52-43(42-51-53(47,48)50-40-38-45(3,4)5)41-49-39-36-34-32-30-28-26-24-21-19-17-15-13-11-9-7-2/h19,21-23,43H,6-18,20,24-42H2,1-5H3/b21-19-,23-22-. The van der Waals surface area contributed by atoms with Crippen LogP contribution in [0.25, 0.3) is 0 Å². The van der Waals surface area contributed by atoms with Crippen molar-refractivity contribution in [2.75, 3.05) is 54.1 Å². The molecule has 0 saturated heterocycles. The highest BCUT2D eigenvalue weighted by molar-refractivity contribution is 7.45. The maximum Gasteiger partial charge on any atom is 0.306 e. The second-order valence-corrected chi connectivity index (χ2v) is 17.5. The van der Waals surface area contributed by atoms with Crippen LogP contribution in [-0.2, 0) is 27.9 Å². The van der Waals surface area contributed by atoms with Crippen LogP contribution in [-0.4, -0.2) is 70.7 Å². The number of esters is 1. The van der Waals surface area contributed by atoms with E-state index in [9.17, 15) is 14.3 Å². The van der Waals surface area contributed by atoms with Crippen LogP contribution < -0.4 is 4.89 Å². The smallest absolute Gasteiger partial charge is 0.306 e. The van der Waals surface area contributed by atoms with Gasteiger partial charge in [0, 0.05) is 13.0 Å². The number of phosphoric acid groups is 1. The second-order valence-electron chi connectivity index (χ2n) is 16.0. The lowest BCUT2D eigenvalue weighted by molar-refractivity contribution is -0.870. The number of likely N-dealkylation sites (N-methyl/N-ethyl adjacent to an activating group) is 1. The minimum Gasteiger partial charge on any atom is -0.756 e. The van der Waals surface area contributed by atoms with Crippen LogP contribution >= 0.6 is 7.82 Å². The van der Waals surface area contributed by atoms with Crippen molar-refractivity contribution >= 4 is 13.8 Å². The van der Waals surface area contributed by atoms with Gasteiger partial charge in [-0.2, -0.15) is 0 Å². The van der Waals surface area contributed by atoms with Gasteiger partial charge < -0.3 is 27.9 Å². The van der Waals surface area contributed by atoms with E-state index in [-0.39, 0.29) is 25.8 Å². The first-order valence-electron chi connectivity index (χ1n) is 22.1. The molecule has 0 amide bonds. The first kappa shape index (κ1) is 52.0. The number of rotatable bonds is 41. The normalized spacial score (nSPS) is 14.0. The van der Waals surface area contributed by atoms with Crippen LogP contribution in [0.3, 0.4) is 0 Å². The van der Waals surface area contributed by atoms with Gasteiger partial charge in [0.1, 0.15) is 19.3 Å². The molecule has 0 aromatic carbocycles. The van der Waals surface area contributed by atoms with E-state index in [4.69, 9.17) is 18.5 Å². The Bertz CT molecular complexity index is 905. The van der Waals surface area contributed by atoms with Gasteiger partial charge in [0.15, 0.2) is 0 Å². The van der Waals surface area contributed by atoms with Gasteiger partial charge in [0.25, 0.3) is 7.82 Å². The van der Waals surface area contributed by atoms with E-state index in [0.29, 0.717) is 24.1 Å². The zero-order chi connectivity index (χ0) is 39.1. The molecule has 2 atom stereocenters. The molecule has 0 saturated carbocycles. The molecule has 0 aromatic rings. The summed E-state index contributed by atoms with van der Waals surface area (Å²) in [6.45, 7) is 5.39. The van der Waals surface area contributed by atoms with Crippen LogP contribution in [0.15, 0.2) is 24.3 Å². The van der Waals surface area contributed by atoms with E-state index in [1.165, 1.54) is 128 Å². The molecule has 0 heterocycles. The van der Waals surface area contributed by atoms with Gasteiger partial charge in [-0.3, -0.25) is 9.36 Å². The van der Waals surface area contributed by atoms with Crippen LogP contribution in [0.1, 0.15) is 194 Å². The lowest BCUT2D eigenvalue weighted by Gasteiger charge is -2.28. The first-order valence-corrected chi connectivity index (χ1v) is 23.5. The van der Waals surface area contributed by atoms with Crippen molar-refractivity contribution in [1.29, 1.82) is 0 Å². The third-order valence-electron chi connectivity index (χ3n) is 9.48. The molecule has 0 aliphatic heterocycles. The minimum atomic E-state index is -4.52. The van der Waals surface area contributed by atoms with Gasteiger partial charge >= 0.3 is 5.97 Å². The summed E-state index contributed by atoms with van der Waals surface area (Å²) in [5.74, 6) is -0.344. The molecule has 8 nitrogen and oxygen atoms in total.